The number of benzene rings is 1. The minimum absolute atomic E-state index is 0.130. The van der Waals surface area contributed by atoms with Crippen LogP contribution in [0, 0.1) is 12.7 Å². The SMILES string of the molecule is Cc1cc(C(=O)NC2CCN(C3CCCCC3O)CC2)ccc1F. The van der Waals surface area contributed by atoms with Gasteiger partial charge in [0.1, 0.15) is 5.82 Å². The van der Waals surface area contributed by atoms with Gasteiger partial charge in [0.25, 0.3) is 5.91 Å². The molecule has 2 aliphatic rings. The highest BCUT2D eigenvalue weighted by molar-refractivity contribution is 5.94. The highest BCUT2D eigenvalue weighted by atomic mass is 19.1. The smallest absolute Gasteiger partial charge is 0.251 e. The number of carbonyl (C=O) groups excluding carboxylic acids is 1. The van der Waals surface area contributed by atoms with Crippen molar-refractivity contribution in [2.45, 2.75) is 63.6 Å². The Balaban J connectivity index is 1.51. The Morgan fingerprint density at radius 1 is 1.21 bits per heavy atom. The number of nitrogens with one attached hydrogen (secondary N) is 1. The molecule has 1 aliphatic heterocycles. The number of likely N-dealkylation sites (tertiary alicyclic amines) is 1. The van der Waals surface area contributed by atoms with Crippen molar-refractivity contribution in [3.63, 3.8) is 0 Å². The van der Waals surface area contributed by atoms with Crippen molar-refractivity contribution in [1.82, 2.24) is 10.2 Å². The summed E-state index contributed by atoms with van der Waals surface area (Å²) in [6.45, 7) is 3.49. The summed E-state index contributed by atoms with van der Waals surface area (Å²) >= 11 is 0. The van der Waals surface area contributed by atoms with Crippen LogP contribution in [0.1, 0.15) is 54.4 Å². The number of aryl methyl sites for hydroxylation is 1. The fourth-order valence-electron chi connectivity index (χ4n) is 3.95. The van der Waals surface area contributed by atoms with E-state index in [0.717, 1.165) is 45.2 Å². The van der Waals surface area contributed by atoms with Gasteiger partial charge in [0.2, 0.25) is 0 Å². The molecule has 2 atom stereocenters. The Hall–Kier alpha value is -1.46. The van der Waals surface area contributed by atoms with Gasteiger partial charge >= 0.3 is 0 Å². The number of nitrogens with zero attached hydrogens (tertiary/aromatic N) is 1. The predicted octanol–water partition coefficient (Wildman–Crippen LogP) is 2.63. The monoisotopic (exact) mass is 334 g/mol. The van der Waals surface area contributed by atoms with E-state index in [0.29, 0.717) is 11.1 Å². The van der Waals surface area contributed by atoms with Gasteiger partial charge in [-0.1, -0.05) is 12.8 Å². The molecule has 24 heavy (non-hydrogen) atoms. The molecule has 5 heteroatoms. The van der Waals surface area contributed by atoms with Crippen LogP contribution in [-0.4, -0.2) is 47.2 Å². The van der Waals surface area contributed by atoms with Crippen molar-refractivity contribution in [1.29, 1.82) is 0 Å². The molecule has 1 aliphatic carbocycles. The van der Waals surface area contributed by atoms with E-state index in [9.17, 15) is 14.3 Å². The number of amides is 1. The van der Waals surface area contributed by atoms with Gasteiger partial charge in [-0.2, -0.15) is 0 Å². The molecule has 0 aromatic heterocycles. The summed E-state index contributed by atoms with van der Waals surface area (Å²) in [5.74, 6) is -0.417. The van der Waals surface area contributed by atoms with Crippen LogP contribution in [-0.2, 0) is 0 Å². The van der Waals surface area contributed by atoms with Crippen LogP contribution in [0.5, 0.6) is 0 Å². The second kappa shape index (κ2) is 7.62. The second-order valence-corrected chi connectivity index (χ2v) is 7.17. The first-order chi connectivity index (χ1) is 11.5. The van der Waals surface area contributed by atoms with Crippen LogP contribution in [0.4, 0.5) is 4.39 Å². The Labute approximate surface area is 143 Å². The van der Waals surface area contributed by atoms with E-state index in [1.54, 1.807) is 13.0 Å². The predicted molar refractivity (Wildman–Crippen MR) is 91.5 cm³/mol. The number of hydrogen-bond donors (Lipinski definition) is 2. The van der Waals surface area contributed by atoms with E-state index in [4.69, 9.17) is 0 Å². The van der Waals surface area contributed by atoms with Crippen molar-refractivity contribution in [2.75, 3.05) is 13.1 Å². The zero-order valence-corrected chi connectivity index (χ0v) is 14.3. The molecule has 132 valence electrons. The molecular formula is C19H27FN2O2. The Kier molecular flexibility index (Phi) is 5.51. The molecule has 1 aromatic carbocycles. The lowest BCUT2D eigenvalue weighted by molar-refractivity contribution is 0.00727. The van der Waals surface area contributed by atoms with Gasteiger partial charge in [-0.25, -0.2) is 4.39 Å². The Bertz CT molecular complexity index is 585. The van der Waals surface area contributed by atoms with Crippen LogP contribution in [0.3, 0.4) is 0 Å². The van der Waals surface area contributed by atoms with E-state index in [-0.39, 0.29) is 29.9 Å². The summed E-state index contributed by atoms with van der Waals surface area (Å²) in [4.78, 5) is 14.7. The maximum Gasteiger partial charge on any atom is 0.251 e. The van der Waals surface area contributed by atoms with E-state index in [1.807, 2.05) is 0 Å². The topological polar surface area (TPSA) is 52.6 Å². The molecule has 0 spiro atoms. The molecule has 1 aromatic rings. The van der Waals surface area contributed by atoms with Gasteiger partial charge in [0, 0.05) is 30.7 Å². The molecule has 2 unspecified atom stereocenters. The molecule has 2 fully saturated rings. The summed E-state index contributed by atoms with van der Waals surface area (Å²) in [7, 11) is 0. The maximum atomic E-state index is 13.3. The quantitative estimate of drug-likeness (QED) is 0.893. The van der Waals surface area contributed by atoms with Crippen molar-refractivity contribution in [3.05, 3.63) is 35.1 Å². The Morgan fingerprint density at radius 3 is 2.58 bits per heavy atom. The molecule has 2 N–H and O–H groups in total. The normalized spacial score (nSPS) is 26.3. The third-order valence-corrected chi connectivity index (χ3v) is 5.45. The lowest BCUT2D eigenvalue weighted by atomic mass is 9.89. The summed E-state index contributed by atoms with van der Waals surface area (Å²) in [5, 5.41) is 13.3. The zero-order valence-electron chi connectivity index (χ0n) is 14.3. The molecular weight excluding hydrogens is 307 g/mol. The van der Waals surface area contributed by atoms with E-state index in [1.165, 1.54) is 18.6 Å². The van der Waals surface area contributed by atoms with Crippen molar-refractivity contribution in [3.8, 4) is 0 Å². The molecule has 1 heterocycles. The number of aliphatic hydroxyl groups is 1. The first kappa shape index (κ1) is 17.4. The van der Waals surface area contributed by atoms with Gasteiger partial charge in [-0.05, 0) is 56.4 Å². The average Bonchev–Trinajstić information content (AvgIpc) is 2.58. The summed E-state index contributed by atoms with van der Waals surface area (Å²) < 4.78 is 13.3. The van der Waals surface area contributed by atoms with Crippen LogP contribution in [0.25, 0.3) is 0 Å². The average molecular weight is 334 g/mol. The zero-order chi connectivity index (χ0) is 17.1. The highest BCUT2D eigenvalue weighted by Crippen LogP contribution is 2.26. The summed E-state index contributed by atoms with van der Waals surface area (Å²) in [6, 6.07) is 4.91. The molecule has 0 radical (unpaired) electrons. The number of carbonyl (C=O) groups is 1. The molecule has 3 rings (SSSR count). The van der Waals surface area contributed by atoms with Crippen LogP contribution in [0.15, 0.2) is 18.2 Å². The van der Waals surface area contributed by atoms with E-state index in [2.05, 4.69) is 10.2 Å². The van der Waals surface area contributed by atoms with Crippen molar-refractivity contribution in [2.24, 2.45) is 0 Å². The number of hydrogen-bond acceptors (Lipinski definition) is 3. The minimum atomic E-state index is -0.286. The minimum Gasteiger partial charge on any atom is -0.391 e. The number of piperidine rings is 1. The van der Waals surface area contributed by atoms with Gasteiger partial charge in [0.15, 0.2) is 0 Å². The largest absolute Gasteiger partial charge is 0.391 e. The molecule has 1 saturated carbocycles. The number of halogens is 1. The first-order valence-corrected chi connectivity index (χ1v) is 9.03. The lowest BCUT2D eigenvalue weighted by Crippen LogP contribution is -2.52. The Morgan fingerprint density at radius 2 is 1.92 bits per heavy atom. The highest BCUT2D eigenvalue weighted by Gasteiger charge is 2.31. The molecule has 1 saturated heterocycles. The third-order valence-electron chi connectivity index (χ3n) is 5.45. The third kappa shape index (κ3) is 3.95. The van der Waals surface area contributed by atoms with Crippen molar-refractivity contribution < 1.29 is 14.3 Å². The molecule has 1 amide bonds. The summed E-state index contributed by atoms with van der Waals surface area (Å²) in [6.07, 6.45) is 5.90. The fraction of sp³-hybridized carbons (Fsp3) is 0.632. The van der Waals surface area contributed by atoms with Crippen molar-refractivity contribution >= 4 is 5.91 Å². The van der Waals surface area contributed by atoms with Gasteiger partial charge < -0.3 is 10.4 Å². The lowest BCUT2D eigenvalue weighted by Gasteiger charge is -2.41. The van der Waals surface area contributed by atoms with Crippen LogP contribution < -0.4 is 5.32 Å². The van der Waals surface area contributed by atoms with Gasteiger partial charge in [-0.15, -0.1) is 0 Å². The van der Waals surface area contributed by atoms with E-state index >= 15 is 0 Å². The van der Waals surface area contributed by atoms with Crippen LogP contribution in [0.2, 0.25) is 0 Å². The molecule has 4 nitrogen and oxygen atoms in total. The number of rotatable bonds is 3. The summed E-state index contributed by atoms with van der Waals surface area (Å²) in [5.41, 5.74) is 1.00. The standard InChI is InChI=1S/C19H27FN2O2/c1-13-12-14(6-7-16(13)20)19(24)21-15-8-10-22(11-9-15)17-4-2-3-5-18(17)23/h6-7,12,15,17-18,23H,2-5,8-11H2,1H3,(H,21,24). The van der Waals surface area contributed by atoms with Gasteiger partial charge in [0.05, 0.1) is 6.10 Å². The van der Waals surface area contributed by atoms with Crippen LogP contribution >= 0.6 is 0 Å². The molecule has 0 bridgehead atoms. The van der Waals surface area contributed by atoms with Gasteiger partial charge in [-0.3, -0.25) is 9.69 Å². The number of aliphatic hydroxyl groups excluding tert-OH is 1. The first-order valence-electron chi connectivity index (χ1n) is 9.03. The fourth-order valence-corrected chi connectivity index (χ4v) is 3.95. The van der Waals surface area contributed by atoms with E-state index < -0.39 is 0 Å². The maximum absolute atomic E-state index is 13.3. The second-order valence-electron chi connectivity index (χ2n) is 7.17.